The van der Waals surface area contributed by atoms with Crippen LogP contribution in [-0.4, -0.2) is 12.4 Å². The van der Waals surface area contributed by atoms with E-state index in [1.54, 1.807) is 12.1 Å². The molecule has 2 aromatic rings. The lowest BCUT2D eigenvalue weighted by Crippen LogP contribution is -2.00. The zero-order chi connectivity index (χ0) is 14.5. The lowest BCUT2D eigenvalue weighted by Gasteiger charge is -2.07. The van der Waals surface area contributed by atoms with Crippen LogP contribution in [0.2, 0.25) is 0 Å². The van der Waals surface area contributed by atoms with Crippen molar-refractivity contribution in [3.8, 4) is 11.8 Å². The van der Waals surface area contributed by atoms with E-state index in [2.05, 4.69) is 24.3 Å². The summed E-state index contributed by atoms with van der Waals surface area (Å²) in [6.45, 7) is 0.674. The molecular weight excluding hydrogens is 278 g/mol. The fraction of sp³-hybridized carbons (Fsp3) is 0.278. The number of benzene rings is 2. The van der Waals surface area contributed by atoms with E-state index in [0.717, 1.165) is 11.5 Å². The van der Waals surface area contributed by atoms with Gasteiger partial charge < -0.3 is 4.74 Å². The van der Waals surface area contributed by atoms with Crippen LogP contribution in [0.1, 0.15) is 23.1 Å². The number of nitriles is 1. The largest absolute Gasteiger partial charge is 0.493 e. The molecule has 0 unspecified atom stereocenters. The van der Waals surface area contributed by atoms with Crippen LogP contribution >= 0.6 is 11.8 Å². The van der Waals surface area contributed by atoms with E-state index < -0.39 is 0 Å². The Balaban J connectivity index is 1.46. The molecule has 0 saturated heterocycles. The summed E-state index contributed by atoms with van der Waals surface area (Å²) in [5.41, 5.74) is 3.70. The van der Waals surface area contributed by atoms with Crippen LogP contribution in [0.4, 0.5) is 0 Å². The van der Waals surface area contributed by atoms with Crippen LogP contribution in [0.3, 0.4) is 0 Å². The van der Waals surface area contributed by atoms with Gasteiger partial charge in [-0.15, -0.1) is 11.8 Å². The molecule has 0 amide bonds. The molecule has 3 rings (SSSR count). The van der Waals surface area contributed by atoms with Gasteiger partial charge in [-0.2, -0.15) is 5.26 Å². The van der Waals surface area contributed by atoms with Gasteiger partial charge in [0.15, 0.2) is 0 Å². The molecule has 2 nitrogen and oxygen atoms in total. The molecule has 1 aliphatic carbocycles. The maximum absolute atomic E-state index is 8.74. The van der Waals surface area contributed by atoms with Crippen LogP contribution in [-0.2, 0) is 12.8 Å². The molecule has 0 atom stereocenters. The van der Waals surface area contributed by atoms with E-state index in [4.69, 9.17) is 10.00 Å². The number of hydrogen-bond acceptors (Lipinski definition) is 3. The summed E-state index contributed by atoms with van der Waals surface area (Å²) >= 11 is 1.84. The average Bonchev–Trinajstić information content (AvgIpc) is 3.00. The van der Waals surface area contributed by atoms with Crippen LogP contribution < -0.4 is 4.74 Å². The van der Waals surface area contributed by atoms with Crippen LogP contribution in [0, 0.1) is 11.3 Å². The minimum absolute atomic E-state index is 0.662. The Morgan fingerprint density at radius 1 is 1.05 bits per heavy atom. The fourth-order valence-electron chi connectivity index (χ4n) is 2.58. The smallest absolute Gasteiger partial charge is 0.119 e. The molecule has 0 saturated carbocycles. The lowest BCUT2D eigenvalue weighted by molar-refractivity contribution is 0.344. The number of thioether (sulfide) groups is 1. The van der Waals surface area contributed by atoms with Crippen molar-refractivity contribution in [1.82, 2.24) is 0 Å². The highest BCUT2D eigenvalue weighted by Crippen LogP contribution is 2.27. The summed E-state index contributed by atoms with van der Waals surface area (Å²) < 4.78 is 5.69. The van der Waals surface area contributed by atoms with E-state index in [9.17, 15) is 0 Å². The Labute approximate surface area is 129 Å². The Bertz CT molecular complexity index is 658. The van der Waals surface area contributed by atoms with Crippen LogP contribution in [0.25, 0.3) is 0 Å². The summed E-state index contributed by atoms with van der Waals surface area (Å²) in [5, 5.41) is 8.74. The van der Waals surface area contributed by atoms with Gasteiger partial charge in [-0.05, 0) is 66.8 Å². The fourth-order valence-corrected chi connectivity index (χ4v) is 3.37. The zero-order valence-corrected chi connectivity index (χ0v) is 12.7. The molecule has 0 heterocycles. The molecule has 0 fully saturated rings. The van der Waals surface area contributed by atoms with E-state index in [1.165, 1.54) is 35.3 Å². The third-order valence-corrected chi connectivity index (χ3v) is 4.63. The van der Waals surface area contributed by atoms with Gasteiger partial charge in [0.1, 0.15) is 5.75 Å². The minimum atomic E-state index is 0.662. The normalized spacial score (nSPS) is 12.7. The number of ether oxygens (including phenoxy) is 1. The molecule has 21 heavy (non-hydrogen) atoms. The summed E-state index contributed by atoms with van der Waals surface area (Å²) in [4.78, 5) is 1.33. The van der Waals surface area contributed by atoms with Gasteiger partial charge in [0, 0.05) is 10.6 Å². The zero-order valence-electron chi connectivity index (χ0n) is 11.8. The predicted octanol–water partition coefficient (Wildman–Crippen LogP) is 4.22. The molecule has 0 spiro atoms. The molecule has 106 valence electrons. The van der Waals surface area contributed by atoms with Gasteiger partial charge in [-0.1, -0.05) is 6.07 Å². The van der Waals surface area contributed by atoms with Crippen LogP contribution in [0.15, 0.2) is 47.4 Å². The van der Waals surface area contributed by atoms with Crippen LogP contribution in [0.5, 0.6) is 5.75 Å². The molecule has 0 bridgehead atoms. The monoisotopic (exact) mass is 295 g/mol. The second-order valence-electron chi connectivity index (χ2n) is 5.12. The summed E-state index contributed by atoms with van der Waals surface area (Å²) in [7, 11) is 0. The summed E-state index contributed by atoms with van der Waals surface area (Å²) in [5.74, 6) is 1.75. The predicted molar refractivity (Wildman–Crippen MR) is 85.8 cm³/mol. The number of rotatable bonds is 5. The molecule has 0 aromatic heterocycles. The van der Waals surface area contributed by atoms with Crippen molar-refractivity contribution >= 4 is 11.8 Å². The Morgan fingerprint density at radius 2 is 1.86 bits per heavy atom. The van der Waals surface area contributed by atoms with Gasteiger partial charge in [-0.25, -0.2) is 0 Å². The first-order valence-electron chi connectivity index (χ1n) is 7.23. The van der Waals surface area contributed by atoms with Crippen molar-refractivity contribution in [3.63, 3.8) is 0 Å². The third-order valence-electron chi connectivity index (χ3n) is 3.67. The number of nitrogens with zero attached hydrogens (tertiary/aromatic N) is 1. The van der Waals surface area contributed by atoms with Gasteiger partial charge in [0.25, 0.3) is 0 Å². The molecule has 0 aliphatic heterocycles. The van der Waals surface area contributed by atoms with E-state index >= 15 is 0 Å². The maximum atomic E-state index is 8.74. The highest BCUT2D eigenvalue weighted by Gasteiger charge is 2.10. The lowest BCUT2D eigenvalue weighted by atomic mass is 10.1. The molecular formula is C18H17NOS. The molecule has 0 N–H and O–H groups in total. The number of fused-ring (bicyclic) bond motifs is 1. The van der Waals surface area contributed by atoms with E-state index in [-0.39, 0.29) is 0 Å². The summed E-state index contributed by atoms with van der Waals surface area (Å²) in [6, 6.07) is 16.2. The SMILES string of the molecule is N#Cc1ccc(OCCSc2ccc3c(c2)CCC3)cc1. The van der Waals surface area contributed by atoms with Crippen molar-refractivity contribution in [1.29, 1.82) is 5.26 Å². The van der Waals surface area contributed by atoms with E-state index in [0.29, 0.717) is 12.2 Å². The number of aryl methyl sites for hydroxylation is 2. The van der Waals surface area contributed by atoms with Crippen molar-refractivity contribution in [2.75, 3.05) is 12.4 Å². The highest BCUT2D eigenvalue weighted by atomic mass is 32.2. The Kier molecular flexibility index (Phi) is 4.47. The van der Waals surface area contributed by atoms with Gasteiger partial charge in [0.05, 0.1) is 18.2 Å². The average molecular weight is 295 g/mol. The van der Waals surface area contributed by atoms with Crippen molar-refractivity contribution in [2.45, 2.75) is 24.2 Å². The molecule has 0 radical (unpaired) electrons. The van der Waals surface area contributed by atoms with Crippen molar-refractivity contribution in [2.24, 2.45) is 0 Å². The highest BCUT2D eigenvalue weighted by molar-refractivity contribution is 7.99. The maximum Gasteiger partial charge on any atom is 0.119 e. The first-order valence-corrected chi connectivity index (χ1v) is 8.21. The molecule has 1 aliphatic rings. The third kappa shape index (κ3) is 3.59. The number of hydrogen-bond donors (Lipinski definition) is 0. The minimum Gasteiger partial charge on any atom is -0.493 e. The first kappa shape index (κ1) is 14.0. The topological polar surface area (TPSA) is 33.0 Å². The Hall–Kier alpha value is -1.92. The second-order valence-corrected chi connectivity index (χ2v) is 6.29. The molecule has 2 aromatic carbocycles. The van der Waals surface area contributed by atoms with Gasteiger partial charge in [0.2, 0.25) is 0 Å². The molecule has 3 heteroatoms. The van der Waals surface area contributed by atoms with E-state index in [1.807, 2.05) is 23.9 Å². The van der Waals surface area contributed by atoms with Crippen molar-refractivity contribution in [3.05, 3.63) is 59.2 Å². The second kappa shape index (κ2) is 6.69. The van der Waals surface area contributed by atoms with Gasteiger partial charge >= 0.3 is 0 Å². The quantitative estimate of drug-likeness (QED) is 0.611. The standard InChI is InChI=1S/C18H17NOS/c19-13-14-4-7-17(8-5-14)20-10-11-21-18-9-6-15-2-1-3-16(15)12-18/h4-9,12H,1-3,10-11H2. The first-order chi connectivity index (χ1) is 10.3. The van der Waals surface area contributed by atoms with Crippen molar-refractivity contribution < 1.29 is 4.74 Å². The summed E-state index contributed by atoms with van der Waals surface area (Å²) in [6.07, 6.45) is 3.76. The van der Waals surface area contributed by atoms with Gasteiger partial charge in [-0.3, -0.25) is 0 Å². The Morgan fingerprint density at radius 3 is 2.67 bits per heavy atom.